The fourth-order valence-electron chi connectivity index (χ4n) is 1.63. The van der Waals surface area contributed by atoms with Crippen LogP contribution in [0.4, 0.5) is 0 Å². The molecule has 6 nitrogen and oxygen atoms in total. The van der Waals surface area contributed by atoms with Crippen LogP contribution < -0.4 is 5.32 Å². The van der Waals surface area contributed by atoms with Crippen molar-refractivity contribution in [2.45, 2.75) is 30.7 Å². The van der Waals surface area contributed by atoms with Crippen molar-refractivity contribution >= 4 is 33.3 Å². The SMILES string of the molecule is CC(CCC(=O)O)NC(=O)CS(=O)(=O)c1ccc(Cl)cc1. The van der Waals surface area contributed by atoms with Gasteiger partial charge < -0.3 is 10.4 Å². The van der Waals surface area contributed by atoms with Gasteiger partial charge in [0.2, 0.25) is 5.91 Å². The van der Waals surface area contributed by atoms with E-state index in [1.165, 1.54) is 24.3 Å². The van der Waals surface area contributed by atoms with Gasteiger partial charge in [0.1, 0.15) is 5.75 Å². The first-order valence-electron chi connectivity index (χ1n) is 6.20. The summed E-state index contributed by atoms with van der Waals surface area (Å²) in [6.45, 7) is 1.62. The van der Waals surface area contributed by atoms with Gasteiger partial charge in [0, 0.05) is 17.5 Å². The highest BCUT2D eigenvalue weighted by Gasteiger charge is 2.20. The van der Waals surface area contributed by atoms with Crippen LogP contribution in [0.5, 0.6) is 0 Å². The first-order valence-corrected chi connectivity index (χ1v) is 8.23. The largest absolute Gasteiger partial charge is 0.481 e. The summed E-state index contributed by atoms with van der Waals surface area (Å²) in [5.41, 5.74) is 0. The molecule has 2 N–H and O–H groups in total. The highest BCUT2D eigenvalue weighted by atomic mass is 35.5. The van der Waals surface area contributed by atoms with E-state index < -0.39 is 33.5 Å². The summed E-state index contributed by atoms with van der Waals surface area (Å²) in [6.07, 6.45) is 0.146. The summed E-state index contributed by atoms with van der Waals surface area (Å²) in [4.78, 5) is 22.1. The van der Waals surface area contributed by atoms with Gasteiger partial charge in [-0.15, -0.1) is 0 Å². The lowest BCUT2D eigenvalue weighted by Gasteiger charge is -2.12. The van der Waals surface area contributed by atoms with Crippen molar-refractivity contribution < 1.29 is 23.1 Å². The average Bonchev–Trinajstić information content (AvgIpc) is 2.36. The molecule has 0 saturated heterocycles. The maximum absolute atomic E-state index is 12.0. The third-order valence-corrected chi connectivity index (χ3v) is 4.58. The number of sulfone groups is 1. The van der Waals surface area contributed by atoms with E-state index in [-0.39, 0.29) is 17.7 Å². The summed E-state index contributed by atoms with van der Waals surface area (Å²) in [7, 11) is -3.74. The van der Waals surface area contributed by atoms with Crippen molar-refractivity contribution in [3.8, 4) is 0 Å². The Labute approximate surface area is 128 Å². The molecule has 0 radical (unpaired) electrons. The molecule has 116 valence electrons. The zero-order chi connectivity index (χ0) is 16.0. The van der Waals surface area contributed by atoms with Gasteiger partial charge in [-0.05, 0) is 37.6 Å². The molecule has 1 unspecified atom stereocenters. The van der Waals surface area contributed by atoms with E-state index in [0.29, 0.717) is 5.02 Å². The quantitative estimate of drug-likeness (QED) is 0.787. The van der Waals surface area contributed by atoms with E-state index in [1.807, 2.05) is 0 Å². The second-order valence-corrected chi connectivity index (χ2v) is 7.04. The van der Waals surface area contributed by atoms with Gasteiger partial charge >= 0.3 is 5.97 Å². The summed E-state index contributed by atoms with van der Waals surface area (Å²) in [5, 5.41) is 11.4. The molecule has 0 saturated carbocycles. The first-order chi connectivity index (χ1) is 9.70. The number of hydrogen-bond donors (Lipinski definition) is 2. The topological polar surface area (TPSA) is 101 Å². The molecule has 1 rings (SSSR count). The zero-order valence-electron chi connectivity index (χ0n) is 11.4. The van der Waals surface area contributed by atoms with Crippen molar-refractivity contribution in [2.75, 3.05) is 5.75 Å². The van der Waals surface area contributed by atoms with Crippen LogP contribution in [-0.2, 0) is 19.4 Å². The van der Waals surface area contributed by atoms with Crippen LogP contribution in [0.2, 0.25) is 5.02 Å². The molecular weight excluding hydrogens is 318 g/mol. The predicted octanol–water partition coefficient (Wildman–Crippen LogP) is 1.48. The summed E-state index contributed by atoms with van der Waals surface area (Å²) in [5.74, 6) is -2.32. The minimum Gasteiger partial charge on any atom is -0.481 e. The molecule has 1 aromatic carbocycles. The van der Waals surface area contributed by atoms with Gasteiger partial charge in [0.25, 0.3) is 0 Å². The van der Waals surface area contributed by atoms with Crippen molar-refractivity contribution in [3.63, 3.8) is 0 Å². The molecule has 8 heteroatoms. The third kappa shape index (κ3) is 6.14. The number of amides is 1. The number of nitrogens with one attached hydrogen (secondary N) is 1. The number of carboxylic acids is 1. The number of carbonyl (C=O) groups excluding carboxylic acids is 1. The number of aliphatic carboxylic acids is 1. The van der Waals surface area contributed by atoms with Gasteiger partial charge in [-0.2, -0.15) is 0 Å². The second kappa shape index (κ2) is 7.42. The third-order valence-electron chi connectivity index (χ3n) is 2.69. The van der Waals surface area contributed by atoms with Crippen LogP contribution in [0.25, 0.3) is 0 Å². The molecule has 0 aliphatic carbocycles. The van der Waals surface area contributed by atoms with Gasteiger partial charge in [-0.3, -0.25) is 9.59 Å². The number of rotatable bonds is 7. The number of hydrogen-bond acceptors (Lipinski definition) is 4. The monoisotopic (exact) mass is 333 g/mol. The molecule has 21 heavy (non-hydrogen) atoms. The molecule has 0 spiro atoms. The van der Waals surface area contributed by atoms with Gasteiger partial charge in [0.05, 0.1) is 4.90 Å². The summed E-state index contributed by atoms with van der Waals surface area (Å²) >= 11 is 5.67. The highest BCUT2D eigenvalue weighted by Crippen LogP contribution is 2.15. The molecule has 1 atom stereocenters. The number of halogens is 1. The molecular formula is C13H16ClNO5S. The fraction of sp³-hybridized carbons (Fsp3) is 0.385. The van der Waals surface area contributed by atoms with E-state index in [4.69, 9.17) is 16.7 Å². The minimum absolute atomic E-state index is 0.0141. The standard InChI is InChI=1S/C13H16ClNO5S/c1-9(2-7-13(17)18)15-12(16)8-21(19,20)11-5-3-10(14)4-6-11/h3-6,9H,2,7-8H2,1H3,(H,15,16)(H,17,18). The maximum atomic E-state index is 12.0. The maximum Gasteiger partial charge on any atom is 0.303 e. The van der Waals surface area contributed by atoms with E-state index >= 15 is 0 Å². The Balaban J connectivity index is 2.61. The van der Waals surface area contributed by atoms with E-state index in [0.717, 1.165) is 0 Å². The zero-order valence-corrected chi connectivity index (χ0v) is 12.9. The predicted molar refractivity (Wildman–Crippen MR) is 78.0 cm³/mol. The molecule has 0 fully saturated rings. The van der Waals surface area contributed by atoms with Gasteiger partial charge in [0.15, 0.2) is 9.84 Å². The lowest BCUT2D eigenvalue weighted by molar-refractivity contribution is -0.137. The van der Waals surface area contributed by atoms with Gasteiger partial charge in [-0.1, -0.05) is 11.6 Å². The Morgan fingerprint density at radius 2 is 1.86 bits per heavy atom. The van der Waals surface area contributed by atoms with Crippen LogP contribution in [-0.4, -0.2) is 37.2 Å². The number of carboxylic acid groups (broad SMARTS) is 1. The smallest absolute Gasteiger partial charge is 0.303 e. The highest BCUT2D eigenvalue weighted by molar-refractivity contribution is 7.92. The van der Waals surface area contributed by atoms with E-state index in [9.17, 15) is 18.0 Å². The molecule has 1 amide bonds. The van der Waals surface area contributed by atoms with Crippen molar-refractivity contribution in [3.05, 3.63) is 29.3 Å². The van der Waals surface area contributed by atoms with Crippen molar-refractivity contribution in [2.24, 2.45) is 0 Å². The summed E-state index contributed by atoms with van der Waals surface area (Å²) < 4.78 is 24.0. The van der Waals surface area contributed by atoms with Crippen LogP contribution in [0, 0.1) is 0 Å². The Bertz CT molecular complexity index is 612. The Hall–Kier alpha value is -1.60. The van der Waals surface area contributed by atoms with Crippen LogP contribution in [0.1, 0.15) is 19.8 Å². The second-order valence-electron chi connectivity index (χ2n) is 4.61. The number of carbonyl (C=O) groups is 2. The van der Waals surface area contributed by atoms with Gasteiger partial charge in [-0.25, -0.2) is 8.42 Å². The lowest BCUT2D eigenvalue weighted by atomic mass is 10.2. The first kappa shape index (κ1) is 17.5. The Morgan fingerprint density at radius 3 is 2.38 bits per heavy atom. The molecule has 0 heterocycles. The minimum atomic E-state index is -3.74. The lowest BCUT2D eigenvalue weighted by Crippen LogP contribution is -2.37. The Morgan fingerprint density at radius 1 is 1.29 bits per heavy atom. The summed E-state index contributed by atoms with van der Waals surface area (Å²) in [6, 6.07) is 5.12. The van der Waals surface area contributed by atoms with E-state index in [2.05, 4.69) is 5.32 Å². The molecule has 0 aliphatic heterocycles. The van der Waals surface area contributed by atoms with E-state index in [1.54, 1.807) is 6.92 Å². The van der Waals surface area contributed by atoms with Crippen LogP contribution in [0.3, 0.4) is 0 Å². The number of benzene rings is 1. The van der Waals surface area contributed by atoms with Crippen molar-refractivity contribution in [1.29, 1.82) is 0 Å². The Kier molecular flexibility index (Phi) is 6.17. The van der Waals surface area contributed by atoms with Crippen LogP contribution >= 0.6 is 11.6 Å². The molecule has 1 aromatic rings. The van der Waals surface area contributed by atoms with Crippen LogP contribution in [0.15, 0.2) is 29.2 Å². The molecule has 0 aromatic heterocycles. The molecule has 0 aliphatic rings. The normalized spacial score (nSPS) is 12.7. The fourth-order valence-corrected chi connectivity index (χ4v) is 2.90. The average molecular weight is 334 g/mol. The van der Waals surface area contributed by atoms with Crippen molar-refractivity contribution in [1.82, 2.24) is 5.32 Å². The molecule has 0 bridgehead atoms.